The highest BCUT2D eigenvalue weighted by Gasteiger charge is 2.40. The van der Waals surface area contributed by atoms with Gasteiger partial charge in [0.15, 0.2) is 0 Å². The van der Waals surface area contributed by atoms with Gasteiger partial charge in [0.1, 0.15) is 4.83 Å². The van der Waals surface area contributed by atoms with Gasteiger partial charge in [-0.05, 0) is 90.4 Å². The average molecular weight is 691 g/mol. The minimum absolute atomic E-state index is 0.161. The number of aliphatic hydroxyl groups excluding tert-OH is 3. The molecule has 1 aromatic carbocycles. The second kappa shape index (κ2) is 15.7. The molecule has 0 radical (unpaired) electrons. The molecule has 0 aliphatic heterocycles. The molecule has 3 aromatic heterocycles. The number of carbonyl (C=O) groups excluding carboxylic acids is 1. The lowest BCUT2D eigenvalue weighted by atomic mass is 9.71. The topological polar surface area (TPSA) is 185 Å². The predicted octanol–water partition coefficient (Wildman–Crippen LogP) is 4.06. The number of carbonyl (C=O) groups is 2. The predicted molar refractivity (Wildman–Crippen MR) is 190 cm³/mol. The van der Waals surface area contributed by atoms with E-state index in [2.05, 4.69) is 42.5 Å². The van der Waals surface area contributed by atoms with E-state index in [9.17, 15) is 24.9 Å². The summed E-state index contributed by atoms with van der Waals surface area (Å²) in [5.74, 6) is 0.0729. The van der Waals surface area contributed by atoms with Crippen molar-refractivity contribution in [1.29, 1.82) is 0 Å². The highest BCUT2D eigenvalue weighted by atomic mass is 32.1. The highest BCUT2D eigenvalue weighted by molar-refractivity contribution is 7.20. The lowest BCUT2D eigenvalue weighted by Crippen LogP contribution is -2.41. The van der Waals surface area contributed by atoms with Crippen LogP contribution in [-0.4, -0.2) is 74.2 Å². The van der Waals surface area contributed by atoms with Gasteiger partial charge in [0.25, 0.3) is 12.4 Å². The maximum atomic E-state index is 13.7. The number of thiophene rings is 1. The number of pyridine rings is 2. The number of aromatic nitrogens is 2. The molecule has 4 aromatic rings. The molecular weight excluding hydrogens is 644 g/mol. The first kappa shape index (κ1) is 36.3. The van der Waals surface area contributed by atoms with Crippen molar-refractivity contribution >= 4 is 33.9 Å². The summed E-state index contributed by atoms with van der Waals surface area (Å²) in [6.45, 7) is 6.96. The van der Waals surface area contributed by atoms with Crippen LogP contribution in [0.25, 0.3) is 21.3 Å². The minimum Gasteiger partial charge on any atom is -0.483 e. The van der Waals surface area contributed by atoms with Gasteiger partial charge in [0.2, 0.25) is 5.56 Å². The number of amides is 1. The fraction of sp³-hybridized carbons (Fsp3) is 0.459. The fourth-order valence-corrected chi connectivity index (χ4v) is 7.88. The number of aliphatic hydroxyl groups is 3. The monoisotopic (exact) mass is 690 g/mol. The molecule has 12 heteroatoms. The van der Waals surface area contributed by atoms with E-state index in [0.29, 0.717) is 30.2 Å². The molecule has 1 fully saturated rings. The summed E-state index contributed by atoms with van der Waals surface area (Å²) >= 11 is 1.42. The first-order valence-electron chi connectivity index (χ1n) is 16.7. The number of aromatic amines is 1. The van der Waals surface area contributed by atoms with Crippen molar-refractivity contribution in [3.63, 3.8) is 0 Å². The highest BCUT2D eigenvalue weighted by Crippen LogP contribution is 2.38. The van der Waals surface area contributed by atoms with E-state index < -0.39 is 12.2 Å². The van der Waals surface area contributed by atoms with Gasteiger partial charge >= 0.3 is 0 Å². The molecule has 1 saturated carbocycles. The van der Waals surface area contributed by atoms with Crippen molar-refractivity contribution in [3.8, 4) is 11.1 Å². The zero-order valence-electron chi connectivity index (χ0n) is 28.1. The molecule has 3 heterocycles. The molecule has 2 aliphatic carbocycles. The minimum atomic E-state index is -0.968. The smallest absolute Gasteiger partial charge is 0.290 e. The average Bonchev–Trinajstić information content (AvgIpc) is 3.62. The van der Waals surface area contributed by atoms with Crippen molar-refractivity contribution in [2.45, 2.75) is 77.2 Å². The largest absolute Gasteiger partial charge is 0.483 e. The molecule has 262 valence electrons. The van der Waals surface area contributed by atoms with Crippen molar-refractivity contribution in [1.82, 2.24) is 20.6 Å². The van der Waals surface area contributed by atoms with Crippen LogP contribution in [0.5, 0.6) is 0 Å². The summed E-state index contributed by atoms with van der Waals surface area (Å²) in [6, 6.07) is 14.7. The number of hydrogen-bond acceptors (Lipinski definition) is 9. The Balaban J connectivity index is 0.00000151. The number of rotatable bonds is 9. The Hall–Kier alpha value is -3.94. The van der Waals surface area contributed by atoms with E-state index in [4.69, 9.17) is 14.9 Å². The number of nitrogens with one attached hydrogen (secondary N) is 3. The van der Waals surface area contributed by atoms with Crippen molar-refractivity contribution in [3.05, 3.63) is 86.8 Å². The van der Waals surface area contributed by atoms with Crippen LogP contribution < -0.4 is 16.2 Å². The van der Waals surface area contributed by atoms with Crippen LogP contribution in [0.4, 0.5) is 0 Å². The molecule has 2 aliphatic rings. The van der Waals surface area contributed by atoms with E-state index >= 15 is 0 Å². The Morgan fingerprint density at radius 1 is 1.10 bits per heavy atom. The van der Waals surface area contributed by atoms with Crippen molar-refractivity contribution in [2.24, 2.45) is 17.3 Å². The van der Waals surface area contributed by atoms with Gasteiger partial charge in [0, 0.05) is 41.9 Å². The number of carboxylic acid groups (broad SMARTS) is 1. The molecule has 11 nitrogen and oxygen atoms in total. The van der Waals surface area contributed by atoms with Crippen molar-refractivity contribution in [2.75, 3.05) is 13.2 Å². The van der Waals surface area contributed by atoms with Gasteiger partial charge < -0.3 is 36.0 Å². The Morgan fingerprint density at radius 2 is 1.82 bits per heavy atom. The van der Waals surface area contributed by atoms with E-state index in [1.807, 2.05) is 30.3 Å². The summed E-state index contributed by atoms with van der Waals surface area (Å²) in [6.07, 6.45) is 3.86. The van der Waals surface area contributed by atoms with Gasteiger partial charge in [0.05, 0.1) is 23.1 Å². The number of aryl methyl sites for hydroxylation is 1. The van der Waals surface area contributed by atoms with Gasteiger partial charge in [-0.2, -0.15) is 0 Å². The molecule has 49 heavy (non-hydrogen) atoms. The number of benzene rings is 1. The molecule has 0 unspecified atom stereocenters. The second-order valence-electron chi connectivity index (χ2n) is 14.1. The first-order valence-corrected chi connectivity index (χ1v) is 17.5. The molecule has 6 atom stereocenters. The number of hydrogen-bond donors (Lipinski definition) is 7. The Bertz CT molecular complexity index is 1780. The summed E-state index contributed by atoms with van der Waals surface area (Å²) in [5, 5.41) is 44.7. The Kier molecular flexibility index (Phi) is 11.7. The van der Waals surface area contributed by atoms with Gasteiger partial charge in [-0.15, -0.1) is 11.3 Å². The van der Waals surface area contributed by atoms with E-state index in [-0.39, 0.29) is 48.0 Å². The normalized spacial score (nSPS) is 22.5. The quantitative estimate of drug-likeness (QED) is 0.127. The van der Waals surface area contributed by atoms with Crippen LogP contribution >= 0.6 is 11.3 Å². The zero-order valence-corrected chi connectivity index (χ0v) is 28.9. The van der Waals surface area contributed by atoms with E-state index in [1.54, 1.807) is 12.3 Å². The third kappa shape index (κ3) is 8.63. The number of nitrogens with zero attached hydrogens (tertiary/aromatic N) is 1. The third-order valence-corrected chi connectivity index (χ3v) is 11.0. The SMILES string of the molecule is CC(C)(C)[C@H]1CCc2nc3sc(C(=O)N[C@H](CCN[C@@H]4C[C@H](CO)[C@@H](O)[C@H]4O)c4ccc(-c5ccc(=O)[nH]c5)cc4)cc3cc2C1.O=CO. The zero-order chi connectivity index (χ0) is 35.3. The van der Waals surface area contributed by atoms with Crippen LogP contribution in [0, 0.1) is 17.3 Å². The number of fused-ring (bicyclic) bond motifs is 2. The molecule has 0 saturated heterocycles. The molecule has 7 N–H and O–H groups in total. The van der Waals surface area contributed by atoms with Crippen LogP contribution in [-0.2, 0) is 17.6 Å². The fourth-order valence-electron chi connectivity index (χ4n) is 6.95. The third-order valence-electron chi connectivity index (χ3n) is 9.93. The molecular formula is C37H46N4O7S. The van der Waals surface area contributed by atoms with Gasteiger partial charge in [-0.25, -0.2) is 4.98 Å². The summed E-state index contributed by atoms with van der Waals surface area (Å²) in [5.41, 5.74) is 5.26. The summed E-state index contributed by atoms with van der Waals surface area (Å²) in [4.78, 5) is 42.8. The lowest BCUT2D eigenvalue weighted by Gasteiger charge is -2.34. The number of H-pyrrole nitrogens is 1. The first-order chi connectivity index (χ1) is 23.4. The van der Waals surface area contributed by atoms with E-state index in [0.717, 1.165) is 51.9 Å². The summed E-state index contributed by atoms with van der Waals surface area (Å²) in [7, 11) is 0. The summed E-state index contributed by atoms with van der Waals surface area (Å²) < 4.78 is 0. The van der Waals surface area contributed by atoms with Crippen molar-refractivity contribution < 1.29 is 30.0 Å². The molecule has 0 spiro atoms. The van der Waals surface area contributed by atoms with E-state index in [1.165, 1.54) is 23.0 Å². The maximum Gasteiger partial charge on any atom is 0.290 e. The Morgan fingerprint density at radius 3 is 2.45 bits per heavy atom. The van der Waals surface area contributed by atoms with Crippen LogP contribution in [0.3, 0.4) is 0 Å². The maximum absolute atomic E-state index is 13.7. The Labute approximate surface area is 289 Å². The molecule has 6 rings (SSSR count). The molecule has 0 bridgehead atoms. The van der Waals surface area contributed by atoms with Gasteiger partial charge in [-0.3, -0.25) is 14.4 Å². The second-order valence-corrected chi connectivity index (χ2v) is 15.1. The van der Waals surface area contributed by atoms with Crippen LogP contribution in [0.2, 0.25) is 0 Å². The molecule has 1 amide bonds. The van der Waals surface area contributed by atoms with Gasteiger partial charge in [-0.1, -0.05) is 45.0 Å². The van der Waals surface area contributed by atoms with Crippen LogP contribution in [0.15, 0.2) is 59.5 Å². The lowest BCUT2D eigenvalue weighted by molar-refractivity contribution is -0.122. The van der Waals surface area contributed by atoms with Crippen LogP contribution in [0.1, 0.15) is 72.6 Å². The standard InChI is InChI=1S/C36H44N4O5S.CH2O2/c1-36(2,3)26-9-10-27-23(15-26)14-24-17-30(46-35(24)40-27)34(45)39-28(12-13-37-29-16-25(19-41)32(43)33(29)44)21-6-4-20(5-7-21)22-8-11-31(42)38-18-22;2-1-3/h4-8,11,14,17-18,25-26,28-29,32-33,37,41,43-44H,9-10,12-13,15-16,19H2,1-3H3,(H,38,42)(H,39,45);1H,(H,2,3)/t25-,26+,28-,29-,32-,33+;/m1./s1.